The average molecular weight is 411 g/mol. The summed E-state index contributed by atoms with van der Waals surface area (Å²) in [4.78, 5) is 11.4. The Balaban J connectivity index is 1.87. The molecule has 8 nitrogen and oxygen atoms in total. The molecule has 1 aliphatic rings. The van der Waals surface area contributed by atoms with Crippen LogP contribution >= 0.6 is 11.3 Å². The standard InChI is InChI=1S/C17H22N4O4S2/c1-5-14(22)18-15-19-20-16(26-15)27(23,24)21-12-9-17(3,4)25-13-8-10(2)6-7-11(12)13/h6-8,12,21H,5,9H2,1-4H3,(H,18,19,22). The van der Waals surface area contributed by atoms with E-state index in [4.69, 9.17) is 4.74 Å². The van der Waals surface area contributed by atoms with Crippen molar-refractivity contribution >= 4 is 32.4 Å². The van der Waals surface area contributed by atoms with Gasteiger partial charge in [-0.25, -0.2) is 13.1 Å². The van der Waals surface area contributed by atoms with Crippen molar-refractivity contribution in [1.29, 1.82) is 0 Å². The van der Waals surface area contributed by atoms with Gasteiger partial charge in [-0.2, -0.15) is 0 Å². The van der Waals surface area contributed by atoms with E-state index in [1.54, 1.807) is 6.92 Å². The van der Waals surface area contributed by atoms with Gasteiger partial charge in [0, 0.05) is 18.4 Å². The highest BCUT2D eigenvalue weighted by atomic mass is 32.2. The lowest BCUT2D eigenvalue weighted by atomic mass is 9.90. The van der Waals surface area contributed by atoms with E-state index in [1.807, 2.05) is 39.0 Å². The van der Waals surface area contributed by atoms with Crippen LogP contribution in [0.2, 0.25) is 0 Å². The molecule has 0 spiro atoms. The van der Waals surface area contributed by atoms with E-state index in [9.17, 15) is 13.2 Å². The summed E-state index contributed by atoms with van der Waals surface area (Å²) in [5.74, 6) is 0.422. The van der Waals surface area contributed by atoms with Crippen LogP contribution in [0.5, 0.6) is 5.75 Å². The zero-order chi connectivity index (χ0) is 19.8. The van der Waals surface area contributed by atoms with E-state index < -0.39 is 21.7 Å². The van der Waals surface area contributed by atoms with E-state index in [2.05, 4.69) is 20.2 Å². The molecule has 0 bridgehead atoms. The molecule has 0 radical (unpaired) electrons. The highest BCUT2D eigenvalue weighted by Crippen LogP contribution is 2.40. The second kappa shape index (κ2) is 7.17. The van der Waals surface area contributed by atoms with Crippen molar-refractivity contribution in [1.82, 2.24) is 14.9 Å². The summed E-state index contributed by atoms with van der Waals surface area (Å²) in [7, 11) is -3.90. The Morgan fingerprint density at radius 2 is 2.11 bits per heavy atom. The molecule has 1 aromatic carbocycles. The largest absolute Gasteiger partial charge is 0.487 e. The maximum Gasteiger partial charge on any atom is 0.270 e. The van der Waals surface area contributed by atoms with E-state index in [-0.39, 0.29) is 21.8 Å². The first-order valence-electron chi connectivity index (χ1n) is 8.55. The average Bonchev–Trinajstić information content (AvgIpc) is 3.02. The Morgan fingerprint density at radius 3 is 2.81 bits per heavy atom. The Morgan fingerprint density at radius 1 is 1.37 bits per heavy atom. The molecule has 146 valence electrons. The second-order valence-corrected chi connectivity index (χ2v) is 9.92. The molecule has 0 aliphatic carbocycles. The molecule has 10 heteroatoms. The summed E-state index contributed by atoms with van der Waals surface area (Å²) < 4.78 is 34.1. The van der Waals surface area contributed by atoms with Crippen molar-refractivity contribution in [2.75, 3.05) is 5.32 Å². The number of benzene rings is 1. The van der Waals surface area contributed by atoms with Gasteiger partial charge in [0.05, 0.1) is 6.04 Å². The zero-order valence-corrected chi connectivity index (χ0v) is 17.2. The number of rotatable bonds is 5. The zero-order valence-electron chi connectivity index (χ0n) is 15.6. The highest BCUT2D eigenvalue weighted by molar-refractivity contribution is 7.91. The van der Waals surface area contributed by atoms with Gasteiger partial charge in [-0.05, 0) is 32.4 Å². The number of nitrogens with one attached hydrogen (secondary N) is 2. The Labute approximate surface area is 162 Å². The molecule has 0 fully saturated rings. The van der Waals surface area contributed by atoms with E-state index in [1.165, 1.54) is 0 Å². The molecule has 2 N–H and O–H groups in total. The summed E-state index contributed by atoms with van der Waals surface area (Å²) in [5, 5.41) is 10.1. The van der Waals surface area contributed by atoms with Gasteiger partial charge in [-0.1, -0.05) is 30.4 Å². The molecular weight excluding hydrogens is 388 g/mol. The molecule has 1 atom stereocenters. The minimum Gasteiger partial charge on any atom is -0.487 e. The minimum atomic E-state index is -3.90. The number of nitrogens with zero attached hydrogens (tertiary/aromatic N) is 2. The molecule has 27 heavy (non-hydrogen) atoms. The molecule has 0 saturated carbocycles. The van der Waals surface area contributed by atoms with Crippen LogP contribution in [-0.2, 0) is 14.8 Å². The fraction of sp³-hybridized carbons (Fsp3) is 0.471. The Bertz CT molecular complexity index is 969. The van der Waals surface area contributed by atoms with Gasteiger partial charge in [0.25, 0.3) is 10.0 Å². The molecular formula is C17H22N4O4S2. The van der Waals surface area contributed by atoms with Crippen LogP contribution in [0.15, 0.2) is 22.5 Å². The monoisotopic (exact) mass is 410 g/mol. The third-order valence-electron chi connectivity index (χ3n) is 4.13. The number of carbonyl (C=O) groups is 1. The number of anilines is 1. The lowest BCUT2D eigenvalue weighted by Crippen LogP contribution is -2.41. The summed E-state index contributed by atoms with van der Waals surface area (Å²) >= 11 is 0.820. The summed E-state index contributed by atoms with van der Waals surface area (Å²) in [6, 6.07) is 5.25. The first-order valence-corrected chi connectivity index (χ1v) is 10.8. The lowest BCUT2D eigenvalue weighted by Gasteiger charge is -2.37. The number of aryl methyl sites for hydroxylation is 1. The predicted octanol–water partition coefficient (Wildman–Crippen LogP) is 2.78. The molecule has 0 saturated heterocycles. The van der Waals surface area contributed by atoms with Crippen LogP contribution < -0.4 is 14.8 Å². The fourth-order valence-electron chi connectivity index (χ4n) is 2.88. The number of sulfonamides is 1. The van der Waals surface area contributed by atoms with Gasteiger partial charge in [-0.3, -0.25) is 4.79 Å². The molecule has 2 aromatic rings. The highest BCUT2D eigenvalue weighted by Gasteiger charge is 2.37. The molecule has 1 aliphatic heterocycles. The summed E-state index contributed by atoms with van der Waals surface area (Å²) in [6.07, 6.45) is 0.744. The van der Waals surface area contributed by atoms with Crippen molar-refractivity contribution in [2.45, 2.75) is 56.5 Å². The first-order chi connectivity index (χ1) is 12.6. The smallest absolute Gasteiger partial charge is 0.270 e. The number of hydrogen-bond donors (Lipinski definition) is 2. The van der Waals surface area contributed by atoms with Gasteiger partial charge < -0.3 is 10.1 Å². The van der Waals surface area contributed by atoms with Crippen LogP contribution in [0, 0.1) is 6.92 Å². The Hall–Kier alpha value is -2.04. The van der Waals surface area contributed by atoms with Crippen molar-refractivity contribution in [3.05, 3.63) is 29.3 Å². The predicted molar refractivity (Wildman–Crippen MR) is 102 cm³/mol. The number of hydrogen-bond acceptors (Lipinski definition) is 7. The van der Waals surface area contributed by atoms with Crippen LogP contribution in [0.3, 0.4) is 0 Å². The van der Waals surface area contributed by atoms with E-state index >= 15 is 0 Å². The van der Waals surface area contributed by atoms with Gasteiger partial charge in [0.15, 0.2) is 0 Å². The third-order valence-corrected chi connectivity index (χ3v) is 6.81. The molecule has 1 aromatic heterocycles. The van der Waals surface area contributed by atoms with E-state index in [0.29, 0.717) is 12.2 Å². The number of ether oxygens (including phenoxy) is 1. The molecule has 2 heterocycles. The molecule has 1 amide bonds. The number of carbonyl (C=O) groups excluding carboxylic acids is 1. The number of fused-ring (bicyclic) bond motifs is 1. The topological polar surface area (TPSA) is 110 Å². The van der Waals surface area contributed by atoms with Gasteiger partial charge >= 0.3 is 0 Å². The maximum atomic E-state index is 12.8. The fourth-order valence-corrected chi connectivity index (χ4v) is 5.03. The third kappa shape index (κ3) is 4.45. The van der Waals surface area contributed by atoms with Gasteiger partial charge in [-0.15, -0.1) is 10.2 Å². The second-order valence-electron chi connectivity index (χ2n) is 7.06. The Kier molecular flexibility index (Phi) is 5.24. The number of amides is 1. The first kappa shape index (κ1) is 19.7. The van der Waals surface area contributed by atoms with Crippen molar-refractivity contribution in [3.63, 3.8) is 0 Å². The number of aromatic nitrogens is 2. The minimum absolute atomic E-state index is 0.158. The SMILES string of the molecule is CCC(=O)Nc1nnc(S(=O)(=O)NC2CC(C)(C)Oc3cc(C)ccc32)s1. The van der Waals surface area contributed by atoms with Crippen LogP contribution in [0.1, 0.15) is 50.8 Å². The summed E-state index contributed by atoms with van der Waals surface area (Å²) in [5.41, 5.74) is 1.30. The van der Waals surface area contributed by atoms with Crippen LogP contribution in [0.25, 0.3) is 0 Å². The van der Waals surface area contributed by atoms with Crippen LogP contribution in [0.4, 0.5) is 5.13 Å². The molecule has 1 unspecified atom stereocenters. The van der Waals surface area contributed by atoms with Crippen molar-refractivity contribution in [3.8, 4) is 5.75 Å². The van der Waals surface area contributed by atoms with E-state index in [0.717, 1.165) is 22.5 Å². The lowest BCUT2D eigenvalue weighted by molar-refractivity contribution is -0.115. The quantitative estimate of drug-likeness (QED) is 0.734. The van der Waals surface area contributed by atoms with Gasteiger partial charge in [0.1, 0.15) is 11.4 Å². The van der Waals surface area contributed by atoms with Gasteiger partial charge in [0.2, 0.25) is 15.4 Å². The van der Waals surface area contributed by atoms with Crippen molar-refractivity contribution in [2.24, 2.45) is 0 Å². The van der Waals surface area contributed by atoms with Crippen LogP contribution in [-0.4, -0.2) is 30.1 Å². The molecule has 3 rings (SSSR count). The van der Waals surface area contributed by atoms with Crippen molar-refractivity contribution < 1.29 is 17.9 Å². The maximum absolute atomic E-state index is 12.8. The normalized spacial score (nSPS) is 18.4. The summed E-state index contributed by atoms with van der Waals surface area (Å²) in [6.45, 7) is 7.49.